The van der Waals surface area contributed by atoms with Gasteiger partial charge in [0.1, 0.15) is 17.0 Å². The molecule has 164 valence electrons. The lowest BCUT2D eigenvalue weighted by Crippen LogP contribution is -2.44. The van der Waals surface area contributed by atoms with E-state index >= 15 is 0 Å². The van der Waals surface area contributed by atoms with Crippen molar-refractivity contribution < 1.29 is 8.95 Å². The number of rotatable bonds is 4. The molecule has 4 heterocycles. The molecule has 1 fully saturated rings. The minimum absolute atomic E-state index is 0.206. The summed E-state index contributed by atoms with van der Waals surface area (Å²) < 4.78 is 21.5. The van der Waals surface area contributed by atoms with Gasteiger partial charge in [0.25, 0.3) is 0 Å². The van der Waals surface area contributed by atoms with Crippen LogP contribution in [0.1, 0.15) is 6.92 Å². The number of aromatic amines is 1. The monoisotopic (exact) mass is 447 g/mol. The largest absolute Gasteiger partial charge is 0.444 e. The van der Waals surface area contributed by atoms with Crippen LogP contribution >= 0.6 is 0 Å². The molecule has 32 heavy (non-hydrogen) atoms. The molecule has 0 amide bonds. The fourth-order valence-electron chi connectivity index (χ4n) is 4.06. The Labute approximate surface area is 187 Å². The molecule has 0 radical (unpaired) electrons. The Morgan fingerprint density at radius 2 is 2.12 bits per heavy atom. The smallest absolute Gasteiger partial charge is 0.130 e. The summed E-state index contributed by atoms with van der Waals surface area (Å²) in [7, 11) is -1.28. The zero-order chi connectivity index (χ0) is 22.1. The molecule has 8 nitrogen and oxygen atoms in total. The van der Waals surface area contributed by atoms with Gasteiger partial charge in [-0.1, -0.05) is 12.1 Å². The molecule has 1 saturated heterocycles. The summed E-state index contributed by atoms with van der Waals surface area (Å²) in [6.07, 6.45) is 5.06. The number of hydrogen-bond donors (Lipinski definition) is 1. The van der Waals surface area contributed by atoms with Gasteiger partial charge in [-0.2, -0.15) is 15.7 Å². The Bertz CT molecular complexity index is 1350. The number of H-pyrrole nitrogens is 1. The van der Waals surface area contributed by atoms with Gasteiger partial charge in [-0.25, -0.2) is 4.98 Å². The highest BCUT2D eigenvalue weighted by molar-refractivity contribution is 7.74. The molecule has 0 aliphatic carbocycles. The molecule has 4 aromatic rings. The van der Waals surface area contributed by atoms with Gasteiger partial charge in [-0.15, -0.1) is 6.26 Å². The van der Waals surface area contributed by atoms with Gasteiger partial charge >= 0.3 is 0 Å². The maximum absolute atomic E-state index is 11.6. The second-order valence-corrected chi connectivity index (χ2v) is 8.77. The highest BCUT2D eigenvalue weighted by atomic mass is 32.2. The molecule has 1 aliphatic heterocycles. The molecule has 0 saturated carbocycles. The van der Waals surface area contributed by atoms with Crippen molar-refractivity contribution in [2.24, 2.45) is 4.36 Å². The molecule has 0 spiro atoms. The van der Waals surface area contributed by atoms with Crippen LogP contribution in [0.5, 0.6) is 0 Å². The van der Waals surface area contributed by atoms with Crippen LogP contribution in [-0.2, 0) is 19.5 Å². The lowest BCUT2D eigenvalue weighted by atomic mass is 9.99. The number of anilines is 1. The molecule has 5 rings (SSSR count). The summed E-state index contributed by atoms with van der Waals surface area (Å²) in [4.78, 5) is 11.9. The minimum atomic E-state index is -1.28. The normalized spacial score (nSPS) is 17.7. The third kappa shape index (κ3) is 3.96. The topological polar surface area (TPSA) is 96.4 Å². The van der Waals surface area contributed by atoms with E-state index in [1.165, 1.54) is 0 Å². The van der Waals surface area contributed by atoms with Crippen LogP contribution < -0.4 is 4.90 Å². The van der Waals surface area contributed by atoms with Crippen molar-refractivity contribution in [1.82, 2.24) is 20.2 Å². The van der Waals surface area contributed by atoms with Gasteiger partial charge in [-0.05, 0) is 48.4 Å². The fourth-order valence-corrected chi connectivity index (χ4v) is 4.47. The average molecular weight is 448 g/mol. The van der Waals surface area contributed by atoms with Crippen LogP contribution in [-0.4, -0.2) is 52.2 Å². The van der Waals surface area contributed by atoms with E-state index in [0.29, 0.717) is 18.9 Å². The van der Waals surface area contributed by atoms with Crippen LogP contribution in [0.4, 0.5) is 11.5 Å². The van der Waals surface area contributed by atoms with Gasteiger partial charge in [0, 0.05) is 30.0 Å². The lowest BCUT2D eigenvalue weighted by molar-refractivity contribution is 0.0986. The number of morpholine rings is 1. The molecule has 0 bridgehead atoms. The van der Waals surface area contributed by atoms with E-state index < -0.39 is 10.6 Å². The van der Waals surface area contributed by atoms with E-state index in [0.717, 1.165) is 45.8 Å². The summed E-state index contributed by atoms with van der Waals surface area (Å²) in [6.45, 7) is 4.23. The Morgan fingerprint density at radius 3 is 2.91 bits per heavy atom. The molecular formula is C23H23N6O2S-. The first-order valence-corrected chi connectivity index (χ1v) is 11.9. The van der Waals surface area contributed by atoms with Crippen LogP contribution in [0.25, 0.3) is 33.4 Å². The van der Waals surface area contributed by atoms with E-state index in [4.69, 9.17) is 9.72 Å². The summed E-state index contributed by atoms with van der Waals surface area (Å²) in [6, 6.07) is 14.0. The zero-order valence-electron chi connectivity index (χ0n) is 17.9. The first kappa shape index (κ1) is 20.6. The Kier molecular flexibility index (Phi) is 5.59. The van der Waals surface area contributed by atoms with Crippen molar-refractivity contribution in [2.75, 3.05) is 30.9 Å². The number of fused-ring (bicyclic) bond motifs is 1. The predicted molar refractivity (Wildman–Crippen MR) is 126 cm³/mol. The quantitative estimate of drug-likeness (QED) is 0.468. The van der Waals surface area contributed by atoms with Crippen molar-refractivity contribution in [2.45, 2.75) is 13.0 Å². The number of pyridine rings is 2. The average Bonchev–Trinajstić information content (AvgIpc) is 3.33. The molecule has 1 aromatic carbocycles. The summed E-state index contributed by atoms with van der Waals surface area (Å²) in [5.74, 6) is 0.874. The molecule has 0 unspecified atom stereocenters. The summed E-state index contributed by atoms with van der Waals surface area (Å²) in [5, 5.41) is 8.07. The minimum Gasteiger partial charge on any atom is -0.444 e. The number of hydrogen-bond acceptors (Lipinski definition) is 8. The second-order valence-electron chi connectivity index (χ2n) is 7.74. The Morgan fingerprint density at radius 1 is 1.22 bits per heavy atom. The van der Waals surface area contributed by atoms with Gasteiger partial charge < -0.3 is 18.2 Å². The number of nitrogens with zero attached hydrogens (tertiary/aromatic N) is 5. The fraction of sp³-hybridized carbons (Fsp3) is 0.261. The van der Waals surface area contributed by atoms with Gasteiger partial charge in [0.15, 0.2) is 0 Å². The highest BCUT2D eigenvalue weighted by Crippen LogP contribution is 2.36. The zero-order valence-corrected chi connectivity index (χ0v) is 18.7. The van der Waals surface area contributed by atoms with Crippen molar-refractivity contribution in [1.29, 1.82) is 0 Å². The standard InChI is InChI=1S/C23H23N6O2S/c1-15-14-31-11-10-29(15)21-13-19(16-4-3-5-17(12-16)28-32(2)30)18-6-8-24-23(22(18)26-21)20-7-9-25-27-20/h3-9,12-13,15H,10-11,14H2,1-2H3,(H,25,27)/q-1/t15-/m1/s1. The van der Waals surface area contributed by atoms with Crippen molar-refractivity contribution in [3.8, 4) is 22.5 Å². The van der Waals surface area contributed by atoms with E-state index in [-0.39, 0.29) is 6.04 Å². The molecule has 1 atom stereocenters. The van der Waals surface area contributed by atoms with Crippen LogP contribution in [0.2, 0.25) is 0 Å². The third-order valence-corrected chi connectivity index (χ3v) is 5.99. The predicted octanol–water partition coefficient (Wildman–Crippen LogP) is 4.32. The molecule has 9 heteroatoms. The second kappa shape index (κ2) is 8.68. The first-order chi connectivity index (χ1) is 15.6. The molecule has 3 aromatic heterocycles. The number of aromatic nitrogens is 4. The molecular weight excluding hydrogens is 424 g/mol. The maximum Gasteiger partial charge on any atom is 0.130 e. The van der Waals surface area contributed by atoms with Gasteiger partial charge in [0.05, 0.1) is 24.9 Å². The SMILES string of the molecule is C[C@@H]1COCCN1c1cc(-c2cccc(N=[S-](C)=O)c2)c2ccnc(-c3ccn[nH]3)c2n1. The Balaban J connectivity index is 1.77. The van der Waals surface area contributed by atoms with E-state index in [1.54, 1.807) is 18.6 Å². The molecule has 1 aliphatic rings. The molecule has 1 N–H and O–H groups in total. The van der Waals surface area contributed by atoms with E-state index in [2.05, 4.69) is 37.4 Å². The van der Waals surface area contributed by atoms with Crippen molar-refractivity contribution in [3.63, 3.8) is 0 Å². The Hall–Kier alpha value is -3.30. The lowest BCUT2D eigenvalue weighted by Gasteiger charge is -2.34. The summed E-state index contributed by atoms with van der Waals surface area (Å²) in [5.41, 5.74) is 5.03. The van der Waals surface area contributed by atoms with Gasteiger partial charge in [-0.3, -0.25) is 10.1 Å². The van der Waals surface area contributed by atoms with Crippen LogP contribution in [0, 0.1) is 0 Å². The van der Waals surface area contributed by atoms with Crippen molar-refractivity contribution in [3.05, 3.63) is 54.9 Å². The number of ether oxygens (including phenoxy) is 1. The van der Waals surface area contributed by atoms with E-state index in [1.807, 2.05) is 36.4 Å². The number of nitrogens with one attached hydrogen (secondary N) is 1. The first-order valence-electron chi connectivity index (χ1n) is 10.4. The van der Waals surface area contributed by atoms with Crippen molar-refractivity contribution >= 4 is 33.0 Å². The maximum atomic E-state index is 11.6. The van der Waals surface area contributed by atoms with Crippen LogP contribution in [0.15, 0.2) is 59.2 Å². The van der Waals surface area contributed by atoms with Gasteiger partial charge in [0.2, 0.25) is 0 Å². The highest BCUT2D eigenvalue weighted by Gasteiger charge is 2.23. The summed E-state index contributed by atoms with van der Waals surface area (Å²) >= 11 is 0. The van der Waals surface area contributed by atoms with Crippen LogP contribution in [0.3, 0.4) is 0 Å². The number of benzene rings is 1. The van der Waals surface area contributed by atoms with E-state index in [9.17, 15) is 4.21 Å². The third-order valence-electron chi connectivity index (χ3n) is 5.52.